The minimum Gasteiger partial charge on any atom is -0.384 e. The lowest BCUT2D eigenvalue weighted by molar-refractivity contribution is 1.34. The molecule has 0 aliphatic carbocycles. The van der Waals surface area contributed by atoms with Gasteiger partial charge >= 0.3 is 0 Å². The van der Waals surface area contributed by atoms with E-state index in [9.17, 15) is 0 Å². The molecule has 4 nitrogen and oxygen atoms in total. The van der Waals surface area contributed by atoms with Gasteiger partial charge in [-0.05, 0) is 24.3 Å². The van der Waals surface area contributed by atoms with Crippen molar-refractivity contribution in [1.82, 2.24) is 9.97 Å². The summed E-state index contributed by atoms with van der Waals surface area (Å²) in [6, 6.07) is 10.9. The molecule has 0 spiro atoms. The molecule has 0 aliphatic heterocycles. The molecule has 2 rings (SSSR count). The molecule has 0 amide bonds. The van der Waals surface area contributed by atoms with E-state index in [1.807, 2.05) is 24.3 Å². The van der Waals surface area contributed by atoms with Crippen LogP contribution in [0.1, 0.15) is 0 Å². The maximum atomic E-state index is 5.25. The molecule has 4 N–H and O–H groups in total. The topological polar surface area (TPSA) is 77.8 Å². The van der Waals surface area contributed by atoms with Crippen LogP contribution in [0, 0.1) is 0 Å². The van der Waals surface area contributed by atoms with Crippen molar-refractivity contribution in [2.24, 2.45) is 0 Å². The maximum Gasteiger partial charge on any atom is 0.123 e. The van der Waals surface area contributed by atoms with E-state index in [-0.39, 0.29) is 0 Å². The zero-order valence-electron chi connectivity index (χ0n) is 9.08. The van der Waals surface area contributed by atoms with Gasteiger partial charge in [-0.3, -0.25) is 0 Å². The Labute approximate surface area is 95.7 Å². The van der Waals surface area contributed by atoms with Crippen molar-refractivity contribution >= 4 is 11.6 Å². The number of rotatable bonds is 0. The molecule has 2 heterocycles. The third kappa shape index (κ3) is 7.08. The van der Waals surface area contributed by atoms with Crippen LogP contribution in [0.25, 0.3) is 0 Å². The number of pyridine rings is 2. The van der Waals surface area contributed by atoms with Crippen LogP contribution in [0.15, 0.2) is 61.9 Å². The van der Waals surface area contributed by atoms with Crippen LogP contribution in [0.3, 0.4) is 0 Å². The van der Waals surface area contributed by atoms with E-state index in [0.29, 0.717) is 11.6 Å². The van der Waals surface area contributed by atoms with Crippen LogP contribution in [0.4, 0.5) is 11.6 Å². The first-order valence-corrected chi connectivity index (χ1v) is 4.62. The van der Waals surface area contributed by atoms with Gasteiger partial charge in [0.15, 0.2) is 0 Å². The van der Waals surface area contributed by atoms with Crippen LogP contribution >= 0.6 is 0 Å². The van der Waals surface area contributed by atoms with E-state index in [1.165, 1.54) is 0 Å². The second-order valence-corrected chi connectivity index (χ2v) is 2.51. The highest BCUT2D eigenvalue weighted by Gasteiger charge is 1.74. The molecule has 84 valence electrons. The van der Waals surface area contributed by atoms with Gasteiger partial charge < -0.3 is 11.5 Å². The van der Waals surface area contributed by atoms with Gasteiger partial charge in [-0.25, -0.2) is 9.97 Å². The predicted molar refractivity (Wildman–Crippen MR) is 68.6 cm³/mol. The molecular formula is C12H16N4. The summed E-state index contributed by atoms with van der Waals surface area (Å²) in [6.45, 7) is 6.00. The van der Waals surface area contributed by atoms with Crippen LogP contribution in [0.2, 0.25) is 0 Å². The first kappa shape index (κ1) is 13.6. The largest absolute Gasteiger partial charge is 0.384 e. The summed E-state index contributed by atoms with van der Waals surface area (Å²) in [5.74, 6) is 1.14. The highest BCUT2D eigenvalue weighted by atomic mass is 14.8. The minimum atomic E-state index is 0.572. The van der Waals surface area contributed by atoms with E-state index in [2.05, 4.69) is 23.1 Å². The van der Waals surface area contributed by atoms with Crippen molar-refractivity contribution < 1.29 is 0 Å². The van der Waals surface area contributed by atoms with E-state index in [4.69, 9.17) is 11.5 Å². The molecule has 16 heavy (non-hydrogen) atoms. The fraction of sp³-hybridized carbons (Fsp3) is 0. The van der Waals surface area contributed by atoms with Crippen molar-refractivity contribution in [2.45, 2.75) is 0 Å². The van der Waals surface area contributed by atoms with E-state index in [0.717, 1.165) is 0 Å². The standard InChI is InChI=1S/2C5H6N2.C2H4/c2*6-5-3-1-2-4-7-5;1-2/h2*1-4H,(H2,6,7);1-2H2. The molecule has 2 aromatic heterocycles. The van der Waals surface area contributed by atoms with Crippen molar-refractivity contribution in [2.75, 3.05) is 11.5 Å². The number of nitrogen functional groups attached to an aromatic ring is 2. The average molecular weight is 216 g/mol. The van der Waals surface area contributed by atoms with Crippen LogP contribution in [0.5, 0.6) is 0 Å². The van der Waals surface area contributed by atoms with E-state index in [1.54, 1.807) is 24.5 Å². The fourth-order valence-corrected chi connectivity index (χ4v) is 0.752. The zero-order valence-corrected chi connectivity index (χ0v) is 9.08. The van der Waals surface area contributed by atoms with Gasteiger partial charge in [0.2, 0.25) is 0 Å². The summed E-state index contributed by atoms with van der Waals surface area (Å²) in [4.78, 5) is 7.51. The Morgan fingerprint density at radius 1 is 0.750 bits per heavy atom. The number of aromatic nitrogens is 2. The molecule has 0 aromatic carbocycles. The lowest BCUT2D eigenvalue weighted by Crippen LogP contribution is -1.85. The summed E-state index contributed by atoms with van der Waals surface area (Å²) in [5, 5.41) is 0. The van der Waals surface area contributed by atoms with Gasteiger partial charge in [0.1, 0.15) is 11.6 Å². The third-order valence-electron chi connectivity index (χ3n) is 1.38. The molecule has 0 radical (unpaired) electrons. The molecule has 0 atom stereocenters. The van der Waals surface area contributed by atoms with Gasteiger partial charge in [-0.1, -0.05) is 12.1 Å². The predicted octanol–water partition coefficient (Wildman–Crippen LogP) is 2.13. The Bertz CT molecular complexity index is 324. The van der Waals surface area contributed by atoms with Crippen LogP contribution in [-0.2, 0) is 0 Å². The smallest absolute Gasteiger partial charge is 0.123 e. The Kier molecular flexibility index (Phi) is 7.85. The summed E-state index contributed by atoms with van der Waals surface area (Å²) in [5.41, 5.74) is 10.5. The van der Waals surface area contributed by atoms with Gasteiger partial charge in [-0.2, -0.15) is 0 Å². The quantitative estimate of drug-likeness (QED) is 0.661. The monoisotopic (exact) mass is 216 g/mol. The maximum absolute atomic E-state index is 5.25. The molecular weight excluding hydrogens is 200 g/mol. The van der Waals surface area contributed by atoms with Crippen LogP contribution < -0.4 is 11.5 Å². The first-order chi connectivity index (χ1) is 7.79. The normalized spacial score (nSPS) is 7.75. The summed E-state index contributed by atoms with van der Waals surface area (Å²) >= 11 is 0. The van der Waals surface area contributed by atoms with Crippen molar-refractivity contribution in [3.63, 3.8) is 0 Å². The summed E-state index contributed by atoms with van der Waals surface area (Å²) in [6.07, 6.45) is 3.32. The van der Waals surface area contributed by atoms with Gasteiger partial charge in [0, 0.05) is 12.4 Å². The van der Waals surface area contributed by atoms with Gasteiger partial charge in [-0.15, -0.1) is 13.2 Å². The zero-order chi connectivity index (χ0) is 12.2. The number of nitrogens with zero attached hydrogens (tertiary/aromatic N) is 2. The molecule has 0 aliphatic rings. The first-order valence-electron chi connectivity index (χ1n) is 4.62. The number of anilines is 2. The van der Waals surface area contributed by atoms with E-state index >= 15 is 0 Å². The third-order valence-corrected chi connectivity index (χ3v) is 1.38. The summed E-state index contributed by atoms with van der Waals surface area (Å²) < 4.78 is 0. The van der Waals surface area contributed by atoms with E-state index < -0.39 is 0 Å². The fourth-order valence-electron chi connectivity index (χ4n) is 0.752. The van der Waals surface area contributed by atoms with Gasteiger partial charge in [0.05, 0.1) is 0 Å². The lowest BCUT2D eigenvalue weighted by atomic mass is 10.5. The number of hydrogen-bond acceptors (Lipinski definition) is 4. The highest BCUT2D eigenvalue weighted by Crippen LogP contribution is 1.90. The molecule has 0 bridgehead atoms. The Morgan fingerprint density at radius 2 is 1.12 bits per heavy atom. The van der Waals surface area contributed by atoms with Crippen molar-refractivity contribution in [3.8, 4) is 0 Å². The lowest BCUT2D eigenvalue weighted by Gasteiger charge is -1.82. The molecule has 0 saturated carbocycles. The van der Waals surface area contributed by atoms with Crippen LogP contribution in [-0.4, -0.2) is 9.97 Å². The second kappa shape index (κ2) is 9.21. The molecule has 0 saturated heterocycles. The highest BCUT2D eigenvalue weighted by molar-refractivity contribution is 5.25. The molecule has 2 aromatic rings. The number of nitrogens with two attached hydrogens (primary N) is 2. The Hall–Kier alpha value is -2.36. The van der Waals surface area contributed by atoms with Crippen molar-refractivity contribution in [3.05, 3.63) is 61.9 Å². The SMILES string of the molecule is C=C.Nc1ccccn1.Nc1ccccn1. The Morgan fingerprint density at radius 3 is 1.25 bits per heavy atom. The molecule has 4 heteroatoms. The number of hydrogen-bond donors (Lipinski definition) is 2. The molecule has 0 fully saturated rings. The Balaban J connectivity index is 0.000000244. The second-order valence-electron chi connectivity index (χ2n) is 2.51. The minimum absolute atomic E-state index is 0.572. The average Bonchev–Trinajstić information content (AvgIpc) is 2.34. The van der Waals surface area contributed by atoms with Gasteiger partial charge in [0.25, 0.3) is 0 Å². The summed E-state index contributed by atoms with van der Waals surface area (Å²) in [7, 11) is 0. The molecule has 0 unspecified atom stereocenters. The van der Waals surface area contributed by atoms with Crippen molar-refractivity contribution in [1.29, 1.82) is 0 Å².